The lowest BCUT2D eigenvalue weighted by Crippen LogP contribution is -2.54. The number of carbonyl (C=O) groups excluding carboxylic acids is 2. The summed E-state index contributed by atoms with van der Waals surface area (Å²) in [5, 5.41) is 4.13. The van der Waals surface area contributed by atoms with Gasteiger partial charge in [0.25, 0.3) is 0 Å². The molecule has 0 fully saturated rings. The zero-order valence-corrected chi connectivity index (χ0v) is 21.2. The minimum atomic E-state index is -0.729. The van der Waals surface area contributed by atoms with Gasteiger partial charge in [0.2, 0.25) is 11.8 Å². The van der Waals surface area contributed by atoms with Gasteiger partial charge >= 0.3 is 0 Å². The Morgan fingerprint density at radius 3 is 1.91 bits per heavy atom. The average molecular weight is 497 g/mol. The van der Waals surface area contributed by atoms with Crippen molar-refractivity contribution in [2.24, 2.45) is 0 Å². The molecule has 0 bridgehead atoms. The molecule has 0 radical (unpaired) electrons. The van der Waals surface area contributed by atoms with Gasteiger partial charge in [-0.25, -0.2) is 0 Å². The van der Waals surface area contributed by atoms with Crippen LogP contribution in [0.15, 0.2) is 78.9 Å². The molecule has 0 aliphatic heterocycles. The van der Waals surface area contributed by atoms with Gasteiger partial charge in [-0.1, -0.05) is 89.9 Å². The Labute approximate surface area is 211 Å². The first-order valence-electron chi connectivity index (χ1n) is 11.3. The van der Waals surface area contributed by atoms with E-state index in [1.165, 1.54) is 0 Å². The van der Waals surface area contributed by atoms with Gasteiger partial charge in [0.1, 0.15) is 6.04 Å². The van der Waals surface area contributed by atoms with Crippen molar-refractivity contribution in [2.45, 2.75) is 51.7 Å². The molecule has 0 heterocycles. The van der Waals surface area contributed by atoms with Gasteiger partial charge < -0.3 is 10.2 Å². The third-order valence-corrected chi connectivity index (χ3v) is 6.10. The van der Waals surface area contributed by atoms with Crippen LogP contribution >= 0.6 is 23.2 Å². The smallest absolute Gasteiger partial charge is 0.243 e. The quantitative estimate of drug-likeness (QED) is 0.410. The van der Waals surface area contributed by atoms with Gasteiger partial charge in [-0.2, -0.15) is 0 Å². The molecule has 178 valence electrons. The zero-order chi connectivity index (χ0) is 24.7. The highest BCUT2D eigenvalue weighted by molar-refractivity contribution is 6.31. The summed E-state index contributed by atoms with van der Waals surface area (Å²) < 4.78 is 0. The second kappa shape index (κ2) is 11.5. The number of carbonyl (C=O) groups is 2. The van der Waals surface area contributed by atoms with Crippen molar-refractivity contribution in [3.05, 3.63) is 106 Å². The van der Waals surface area contributed by atoms with E-state index < -0.39 is 11.6 Å². The number of benzene rings is 3. The Balaban J connectivity index is 2.01. The fourth-order valence-corrected chi connectivity index (χ4v) is 4.12. The first-order valence-corrected chi connectivity index (χ1v) is 12.0. The van der Waals surface area contributed by atoms with E-state index in [4.69, 9.17) is 23.2 Å². The van der Waals surface area contributed by atoms with Crippen molar-refractivity contribution < 1.29 is 9.59 Å². The maximum absolute atomic E-state index is 13.7. The van der Waals surface area contributed by atoms with Crippen LogP contribution in [-0.2, 0) is 29.0 Å². The number of amides is 2. The molecule has 1 N–H and O–H groups in total. The van der Waals surface area contributed by atoms with E-state index in [0.29, 0.717) is 22.0 Å². The van der Waals surface area contributed by atoms with Crippen LogP contribution in [0, 0.1) is 0 Å². The predicted molar refractivity (Wildman–Crippen MR) is 139 cm³/mol. The predicted octanol–water partition coefficient (Wildman–Crippen LogP) is 6.09. The lowest BCUT2D eigenvalue weighted by Gasteiger charge is -2.34. The van der Waals surface area contributed by atoms with Crippen molar-refractivity contribution in [2.75, 3.05) is 0 Å². The maximum atomic E-state index is 13.7. The fraction of sp³-hybridized carbons (Fsp3) is 0.286. The minimum Gasteiger partial charge on any atom is -0.350 e. The Bertz CT molecular complexity index is 1130. The van der Waals surface area contributed by atoms with Crippen molar-refractivity contribution in [3.63, 3.8) is 0 Å². The van der Waals surface area contributed by atoms with Crippen LogP contribution < -0.4 is 5.32 Å². The van der Waals surface area contributed by atoms with E-state index in [1.54, 1.807) is 17.0 Å². The van der Waals surface area contributed by atoms with E-state index in [1.807, 2.05) is 87.5 Å². The topological polar surface area (TPSA) is 49.4 Å². The summed E-state index contributed by atoms with van der Waals surface area (Å²) >= 11 is 12.8. The molecule has 2 amide bonds. The highest BCUT2D eigenvalue weighted by atomic mass is 35.5. The van der Waals surface area contributed by atoms with Crippen molar-refractivity contribution in [3.8, 4) is 0 Å². The second-order valence-electron chi connectivity index (χ2n) is 9.33. The van der Waals surface area contributed by atoms with Crippen LogP contribution in [0.5, 0.6) is 0 Å². The number of nitrogens with one attached hydrogen (secondary N) is 1. The van der Waals surface area contributed by atoms with E-state index in [0.717, 1.165) is 11.1 Å². The van der Waals surface area contributed by atoms with Crippen LogP contribution in [-0.4, -0.2) is 28.3 Å². The zero-order valence-electron chi connectivity index (χ0n) is 19.7. The Kier molecular flexibility index (Phi) is 8.76. The van der Waals surface area contributed by atoms with Gasteiger partial charge in [0.05, 0.1) is 6.42 Å². The third-order valence-electron chi connectivity index (χ3n) is 5.37. The Morgan fingerprint density at radius 1 is 0.824 bits per heavy atom. The summed E-state index contributed by atoms with van der Waals surface area (Å²) in [4.78, 5) is 28.9. The minimum absolute atomic E-state index is 0.0816. The van der Waals surface area contributed by atoms with Crippen molar-refractivity contribution >= 4 is 35.0 Å². The molecule has 34 heavy (non-hydrogen) atoms. The molecule has 3 rings (SSSR count). The summed E-state index contributed by atoms with van der Waals surface area (Å²) in [7, 11) is 0. The second-order valence-corrected chi connectivity index (χ2v) is 10.1. The van der Waals surface area contributed by atoms with Crippen molar-refractivity contribution in [1.82, 2.24) is 10.2 Å². The number of hydrogen-bond donors (Lipinski definition) is 1. The fourth-order valence-electron chi connectivity index (χ4n) is 3.72. The Morgan fingerprint density at radius 2 is 1.35 bits per heavy atom. The van der Waals surface area contributed by atoms with Crippen LogP contribution in [0.25, 0.3) is 0 Å². The first-order chi connectivity index (χ1) is 16.1. The molecular formula is C28H30Cl2N2O2. The van der Waals surface area contributed by atoms with Crippen molar-refractivity contribution in [1.29, 1.82) is 0 Å². The number of nitrogens with zero attached hydrogens (tertiary/aromatic N) is 1. The molecule has 0 spiro atoms. The molecule has 3 aromatic carbocycles. The number of hydrogen-bond acceptors (Lipinski definition) is 2. The lowest BCUT2D eigenvalue weighted by molar-refractivity contribution is -0.141. The number of rotatable bonds is 8. The summed E-state index contributed by atoms with van der Waals surface area (Å²) in [6.07, 6.45) is 0.458. The monoisotopic (exact) mass is 496 g/mol. The summed E-state index contributed by atoms with van der Waals surface area (Å²) in [6.45, 7) is 5.98. The van der Waals surface area contributed by atoms with Gasteiger partial charge in [0.15, 0.2) is 0 Å². The molecule has 4 nitrogen and oxygen atoms in total. The van der Waals surface area contributed by atoms with E-state index in [-0.39, 0.29) is 24.8 Å². The van der Waals surface area contributed by atoms with E-state index >= 15 is 0 Å². The van der Waals surface area contributed by atoms with Gasteiger partial charge in [-0.05, 0) is 49.6 Å². The Hall–Kier alpha value is -2.82. The third kappa shape index (κ3) is 7.34. The molecular weight excluding hydrogens is 467 g/mol. The highest BCUT2D eigenvalue weighted by Crippen LogP contribution is 2.23. The van der Waals surface area contributed by atoms with Crippen LogP contribution in [0.3, 0.4) is 0 Å². The van der Waals surface area contributed by atoms with Crippen LogP contribution in [0.1, 0.15) is 37.5 Å². The van der Waals surface area contributed by atoms with Gasteiger partial charge in [-0.15, -0.1) is 0 Å². The van der Waals surface area contributed by atoms with Crippen LogP contribution in [0.4, 0.5) is 0 Å². The van der Waals surface area contributed by atoms with Gasteiger partial charge in [0, 0.05) is 28.5 Å². The first kappa shape index (κ1) is 25.8. The normalized spacial score (nSPS) is 12.1. The summed E-state index contributed by atoms with van der Waals surface area (Å²) in [6, 6.07) is 23.6. The summed E-state index contributed by atoms with van der Waals surface area (Å²) in [5.41, 5.74) is 2.01. The van der Waals surface area contributed by atoms with Gasteiger partial charge in [-0.3, -0.25) is 9.59 Å². The standard InChI is InChI=1S/C28H30Cl2N2O2/c1-28(2,3)31-27(34)25(17-20-11-5-4-6-12-20)32(19-22-14-8-10-16-24(22)30)26(33)18-21-13-7-9-15-23(21)29/h4-16,25H,17-19H2,1-3H3,(H,31,34)/t25-/m0/s1. The highest BCUT2D eigenvalue weighted by Gasteiger charge is 2.32. The maximum Gasteiger partial charge on any atom is 0.243 e. The molecule has 0 saturated carbocycles. The lowest BCUT2D eigenvalue weighted by atomic mass is 10.00. The number of halogens is 2. The molecule has 0 aliphatic rings. The molecule has 0 aliphatic carbocycles. The van der Waals surface area contributed by atoms with Crippen LogP contribution in [0.2, 0.25) is 10.0 Å². The molecule has 0 saturated heterocycles. The average Bonchev–Trinajstić information content (AvgIpc) is 2.78. The van der Waals surface area contributed by atoms with E-state index in [9.17, 15) is 9.59 Å². The molecule has 3 aromatic rings. The van der Waals surface area contributed by atoms with E-state index in [2.05, 4.69) is 5.32 Å². The largest absolute Gasteiger partial charge is 0.350 e. The molecule has 0 unspecified atom stereocenters. The molecule has 1 atom stereocenters. The molecule has 6 heteroatoms. The molecule has 0 aromatic heterocycles. The summed E-state index contributed by atoms with van der Waals surface area (Å²) in [5.74, 6) is -0.408. The SMILES string of the molecule is CC(C)(C)NC(=O)[C@H](Cc1ccccc1)N(Cc1ccccc1Cl)C(=O)Cc1ccccc1Cl.